The molecule has 0 atom stereocenters. The predicted molar refractivity (Wildman–Crippen MR) is 104 cm³/mol. The van der Waals surface area contributed by atoms with Crippen LogP contribution in [-0.4, -0.2) is 24.1 Å². The van der Waals surface area contributed by atoms with E-state index in [0.29, 0.717) is 35.4 Å². The second-order valence-corrected chi connectivity index (χ2v) is 6.52. The third-order valence-electron chi connectivity index (χ3n) is 4.20. The molecule has 0 fully saturated rings. The van der Waals surface area contributed by atoms with Crippen LogP contribution in [0.25, 0.3) is 11.1 Å². The van der Waals surface area contributed by atoms with Crippen LogP contribution in [0.3, 0.4) is 0 Å². The number of halogens is 1. The fraction of sp³-hybridized carbons (Fsp3) is 0.143. The van der Waals surface area contributed by atoms with Gasteiger partial charge >= 0.3 is 0 Å². The fourth-order valence-electron chi connectivity index (χ4n) is 3.01. The van der Waals surface area contributed by atoms with Crippen molar-refractivity contribution in [2.75, 3.05) is 18.5 Å². The van der Waals surface area contributed by atoms with E-state index in [-0.39, 0.29) is 12.3 Å². The Morgan fingerprint density at radius 2 is 1.93 bits per heavy atom. The molecular weight excluding hydrogens is 364 g/mol. The number of carbonyl (C=O) groups excluding carboxylic acids is 1. The topological polar surface area (TPSA) is 60.5 Å². The summed E-state index contributed by atoms with van der Waals surface area (Å²) in [7, 11) is 0. The Bertz CT molecular complexity index is 976. The highest BCUT2D eigenvalue weighted by Crippen LogP contribution is 2.38. The monoisotopic (exact) mass is 380 g/mol. The van der Waals surface area contributed by atoms with E-state index >= 15 is 0 Å². The van der Waals surface area contributed by atoms with E-state index in [0.717, 1.165) is 16.7 Å². The van der Waals surface area contributed by atoms with Crippen molar-refractivity contribution in [3.05, 3.63) is 71.5 Å². The van der Waals surface area contributed by atoms with Gasteiger partial charge in [0.15, 0.2) is 11.5 Å². The number of fused-ring (bicyclic) bond motifs is 1. The Labute approximate surface area is 161 Å². The predicted octanol–water partition coefficient (Wildman–Crippen LogP) is 4.35. The molecule has 0 bridgehead atoms. The summed E-state index contributed by atoms with van der Waals surface area (Å²) in [5.74, 6) is 0.946. The number of anilines is 1. The van der Waals surface area contributed by atoms with E-state index in [9.17, 15) is 4.79 Å². The van der Waals surface area contributed by atoms with Gasteiger partial charge in [0.25, 0.3) is 0 Å². The first kappa shape index (κ1) is 17.4. The minimum Gasteiger partial charge on any atom is -0.486 e. The van der Waals surface area contributed by atoms with Crippen LogP contribution in [0, 0.1) is 0 Å². The first-order valence-electron chi connectivity index (χ1n) is 8.58. The lowest BCUT2D eigenvalue weighted by Gasteiger charge is -2.20. The number of hydrogen-bond acceptors (Lipinski definition) is 4. The highest BCUT2D eigenvalue weighted by Gasteiger charge is 2.18. The molecule has 1 amide bonds. The second-order valence-electron chi connectivity index (χ2n) is 6.11. The van der Waals surface area contributed by atoms with E-state index < -0.39 is 0 Å². The van der Waals surface area contributed by atoms with Gasteiger partial charge in [-0.3, -0.25) is 9.78 Å². The highest BCUT2D eigenvalue weighted by atomic mass is 35.5. The molecule has 1 N–H and O–H groups in total. The Morgan fingerprint density at radius 3 is 2.78 bits per heavy atom. The molecule has 0 aliphatic carbocycles. The smallest absolute Gasteiger partial charge is 0.228 e. The standard InChI is InChI=1S/C21H17ClN2O3/c22-17-10-14(11-19-21(17)27-9-8-26-19)12-20(25)24-18-13-23-7-6-16(18)15-4-2-1-3-5-15/h1-7,10-11,13H,8-9,12H2,(H,24,25). The van der Waals surface area contributed by atoms with E-state index in [1.807, 2.05) is 36.4 Å². The van der Waals surface area contributed by atoms with Crippen LogP contribution in [0.2, 0.25) is 5.02 Å². The third kappa shape index (κ3) is 3.88. The lowest BCUT2D eigenvalue weighted by Crippen LogP contribution is -2.17. The van der Waals surface area contributed by atoms with Crippen molar-refractivity contribution < 1.29 is 14.3 Å². The molecule has 2 aromatic carbocycles. The van der Waals surface area contributed by atoms with Crippen LogP contribution in [0.4, 0.5) is 5.69 Å². The number of amides is 1. The molecule has 27 heavy (non-hydrogen) atoms. The first-order chi connectivity index (χ1) is 13.2. The molecule has 0 saturated carbocycles. The SMILES string of the molecule is O=C(Cc1cc(Cl)c2c(c1)OCCO2)Nc1cnccc1-c1ccccc1. The van der Waals surface area contributed by atoms with E-state index in [1.165, 1.54) is 0 Å². The third-order valence-corrected chi connectivity index (χ3v) is 4.48. The number of ether oxygens (including phenoxy) is 2. The van der Waals surface area contributed by atoms with Crippen LogP contribution < -0.4 is 14.8 Å². The lowest BCUT2D eigenvalue weighted by atomic mass is 10.1. The van der Waals surface area contributed by atoms with Crippen molar-refractivity contribution in [2.45, 2.75) is 6.42 Å². The molecule has 0 radical (unpaired) electrons. The van der Waals surface area contributed by atoms with Gasteiger partial charge in [-0.25, -0.2) is 0 Å². The summed E-state index contributed by atoms with van der Waals surface area (Å²) in [4.78, 5) is 16.7. The number of rotatable bonds is 4. The quantitative estimate of drug-likeness (QED) is 0.730. The summed E-state index contributed by atoms with van der Waals surface area (Å²) < 4.78 is 11.1. The molecule has 2 heterocycles. The lowest BCUT2D eigenvalue weighted by molar-refractivity contribution is -0.115. The van der Waals surface area contributed by atoms with Crippen molar-refractivity contribution in [1.82, 2.24) is 4.98 Å². The zero-order chi connectivity index (χ0) is 18.6. The second kappa shape index (κ2) is 7.68. The van der Waals surface area contributed by atoms with Crippen molar-refractivity contribution >= 4 is 23.2 Å². The minimum atomic E-state index is -0.159. The maximum atomic E-state index is 12.6. The number of benzene rings is 2. The molecular formula is C21H17ClN2O3. The van der Waals surface area contributed by atoms with Crippen LogP contribution in [0.1, 0.15) is 5.56 Å². The number of nitrogens with one attached hydrogen (secondary N) is 1. The number of hydrogen-bond donors (Lipinski definition) is 1. The number of nitrogens with zero attached hydrogens (tertiary/aromatic N) is 1. The van der Waals surface area contributed by atoms with Gasteiger partial charge < -0.3 is 14.8 Å². The van der Waals surface area contributed by atoms with Crippen LogP contribution in [0.15, 0.2) is 60.9 Å². The van der Waals surface area contributed by atoms with Crippen molar-refractivity contribution in [3.63, 3.8) is 0 Å². The summed E-state index contributed by atoms with van der Waals surface area (Å²) in [6.45, 7) is 0.935. The molecule has 0 unspecified atom stereocenters. The van der Waals surface area contributed by atoms with Crippen molar-refractivity contribution in [3.8, 4) is 22.6 Å². The van der Waals surface area contributed by atoms with E-state index in [2.05, 4.69) is 10.3 Å². The molecule has 1 aliphatic heterocycles. The molecule has 0 spiro atoms. The average Bonchev–Trinajstić information content (AvgIpc) is 2.69. The largest absolute Gasteiger partial charge is 0.486 e. The van der Waals surface area contributed by atoms with Crippen LogP contribution in [0.5, 0.6) is 11.5 Å². The van der Waals surface area contributed by atoms with Gasteiger partial charge in [-0.1, -0.05) is 41.9 Å². The van der Waals surface area contributed by atoms with Crippen molar-refractivity contribution in [1.29, 1.82) is 0 Å². The Kier molecular flexibility index (Phi) is 4.94. The fourth-order valence-corrected chi connectivity index (χ4v) is 3.30. The summed E-state index contributed by atoms with van der Waals surface area (Å²) in [6, 6.07) is 15.3. The van der Waals surface area contributed by atoms with Crippen molar-refractivity contribution in [2.24, 2.45) is 0 Å². The maximum Gasteiger partial charge on any atom is 0.228 e. The van der Waals surface area contributed by atoms with Gasteiger partial charge in [-0.2, -0.15) is 0 Å². The molecule has 5 nitrogen and oxygen atoms in total. The molecule has 0 saturated heterocycles. The minimum absolute atomic E-state index is 0.159. The molecule has 136 valence electrons. The van der Waals surface area contributed by atoms with Crippen LogP contribution >= 0.6 is 11.6 Å². The zero-order valence-corrected chi connectivity index (χ0v) is 15.2. The summed E-state index contributed by atoms with van der Waals surface area (Å²) >= 11 is 6.25. The summed E-state index contributed by atoms with van der Waals surface area (Å²) in [5, 5.41) is 3.39. The van der Waals surface area contributed by atoms with Gasteiger partial charge in [0, 0.05) is 11.8 Å². The van der Waals surface area contributed by atoms with Gasteiger partial charge in [-0.05, 0) is 29.3 Å². The zero-order valence-electron chi connectivity index (χ0n) is 14.4. The van der Waals surface area contributed by atoms with E-state index in [1.54, 1.807) is 24.5 Å². The highest BCUT2D eigenvalue weighted by molar-refractivity contribution is 6.32. The van der Waals surface area contributed by atoms with E-state index in [4.69, 9.17) is 21.1 Å². The molecule has 6 heteroatoms. The molecule has 1 aromatic heterocycles. The van der Waals surface area contributed by atoms with Gasteiger partial charge in [0.1, 0.15) is 13.2 Å². The van der Waals surface area contributed by atoms with Gasteiger partial charge in [0.2, 0.25) is 5.91 Å². The van der Waals surface area contributed by atoms with Gasteiger partial charge in [-0.15, -0.1) is 0 Å². The molecule has 4 rings (SSSR count). The average molecular weight is 381 g/mol. The van der Waals surface area contributed by atoms with Crippen LogP contribution in [-0.2, 0) is 11.2 Å². The first-order valence-corrected chi connectivity index (χ1v) is 8.96. The maximum absolute atomic E-state index is 12.6. The Morgan fingerprint density at radius 1 is 1.11 bits per heavy atom. The summed E-state index contributed by atoms with van der Waals surface area (Å²) in [6.07, 6.45) is 3.52. The Balaban J connectivity index is 1.53. The molecule has 3 aromatic rings. The number of carbonyl (C=O) groups is 1. The number of aromatic nitrogens is 1. The normalized spacial score (nSPS) is 12.5. The number of pyridine rings is 1. The summed E-state index contributed by atoms with van der Waals surface area (Å²) in [5.41, 5.74) is 3.35. The Hall–Kier alpha value is -3.05. The molecule has 1 aliphatic rings. The van der Waals surface area contributed by atoms with Gasteiger partial charge in [0.05, 0.1) is 23.3 Å².